The van der Waals surface area contributed by atoms with Gasteiger partial charge in [-0.2, -0.15) is 0 Å². The van der Waals surface area contributed by atoms with Crippen LogP contribution >= 0.6 is 22.7 Å². The molecule has 1 aliphatic rings. The lowest BCUT2D eigenvalue weighted by molar-refractivity contribution is -0.151. The van der Waals surface area contributed by atoms with Crippen LogP contribution in [-0.2, 0) is 19.1 Å². The van der Waals surface area contributed by atoms with E-state index in [1.165, 1.54) is 16.0 Å². The van der Waals surface area contributed by atoms with Gasteiger partial charge in [0.15, 0.2) is 6.61 Å². The number of carbonyl (C=O) groups is 3. The van der Waals surface area contributed by atoms with E-state index in [4.69, 9.17) is 9.47 Å². The summed E-state index contributed by atoms with van der Waals surface area (Å²) in [5.41, 5.74) is 0. The van der Waals surface area contributed by atoms with Gasteiger partial charge in [-0.15, -0.1) is 22.7 Å². The maximum absolute atomic E-state index is 12.4. The van der Waals surface area contributed by atoms with Crippen LogP contribution in [0.4, 0.5) is 0 Å². The zero-order valence-electron chi connectivity index (χ0n) is 16.0. The number of likely N-dealkylation sites (tertiary alicyclic amines) is 1. The summed E-state index contributed by atoms with van der Waals surface area (Å²) in [4.78, 5) is 38.7. The van der Waals surface area contributed by atoms with Gasteiger partial charge in [0.2, 0.25) is 0 Å². The molecule has 3 heterocycles. The molecule has 1 aromatic carbocycles. The van der Waals surface area contributed by atoms with E-state index in [9.17, 15) is 14.4 Å². The predicted molar refractivity (Wildman–Crippen MR) is 113 cm³/mol. The van der Waals surface area contributed by atoms with Crippen molar-refractivity contribution in [2.24, 2.45) is 5.92 Å². The molecule has 0 bridgehead atoms. The van der Waals surface area contributed by atoms with Crippen LogP contribution in [0.25, 0.3) is 19.5 Å². The quantitative estimate of drug-likeness (QED) is 0.569. The number of carbonyl (C=O) groups excluding carboxylic acids is 3. The van der Waals surface area contributed by atoms with Crippen molar-refractivity contribution in [1.29, 1.82) is 0 Å². The Morgan fingerprint density at radius 2 is 1.83 bits per heavy atom. The Balaban J connectivity index is 1.32. The van der Waals surface area contributed by atoms with Crippen LogP contribution in [0, 0.1) is 5.92 Å². The molecule has 0 aliphatic carbocycles. The minimum absolute atomic E-state index is 0.157. The summed E-state index contributed by atoms with van der Waals surface area (Å²) in [6, 6.07) is 9.93. The monoisotopic (exact) mass is 431 g/mol. The van der Waals surface area contributed by atoms with Gasteiger partial charge in [0.25, 0.3) is 5.91 Å². The Morgan fingerprint density at radius 3 is 2.59 bits per heavy atom. The number of nitrogens with zero attached hydrogens (tertiary/aromatic N) is 1. The molecule has 0 spiro atoms. The molecule has 0 saturated carbocycles. The topological polar surface area (TPSA) is 72.9 Å². The summed E-state index contributed by atoms with van der Waals surface area (Å²) in [5.74, 6) is -1.06. The van der Waals surface area contributed by atoms with Crippen LogP contribution in [-0.4, -0.2) is 49.0 Å². The molecule has 6 nitrogen and oxygen atoms in total. The molecule has 1 amide bonds. The second-order valence-electron chi connectivity index (χ2n) is 6.89. The van der Waals surface area contributed by atoms with Crippen molar-refractivity contribution in [2.75, 3.05) is 26.3 Å². The van der Waals surface area contributed by atoms with Gasteiger partial charge in [-0.1, -0.05) is 18.2 Å². The van der Waals surface area contributed by atoms with Crippen LogP contribution in [0.3, 0.4) is 0 Å². The lowest BCUT2D eigenvalue weighted by Crippen LogP contribution is -2.42. The van der Waals surface area contributed by atoms with Crippen molar-refractivity contribution in [1.82, 2.24) is 4.90 Å². The highest BCUT2D eigenvalue weighted by molar-refractivity contribution is 7.33. The van der Waals surface area contributed by atoms with Crippen LogP contribution in [0.15, 0.2) is 30.3 Å². The van der Waals surface area contributed by atoms with E-state index in [2.05, 4.69) is 6.07 Å². The summed E-state index contributed by atoms with van der Waals surface area (Å²) < 4.78 is 13.6. The van der Waals surface area contributed by atoms with Crippen molar-refractivity contribution in [3.63, 3.8) is 0 Å². The molecular weight excluding hydrogens is 410 g/mol. The zero-order valence-corrected chi connectivity index (χ0v) is 17.6. The average molecular weight is 432 g/mol. The van der Waals surface area contributed by atoms with Crippen LogP contribution in [0.2, 0.25) is 0 Å². The number of esters is 2. The highest BCUT2D eigenvalue weighted by atomic mass is 32.1. The molecule has 29 heavy (non-hydrogen) atoms. The van der Waals surface area contributed by atoms with E-state index < -0.39 is 5.97 Å². The number of ether oxygens (including phenoxy) is 2. The third-order valence-electron chi connectivity index (χ3n) is 5.05. The first-order valence-corrected chi connectivity index (χ1v) is 11.2. The first kappa shape index (κ1) is 19.8. The van der Waals surface area contributed by atoms with Crippen LogP contribution in [0.1, 0.15) is 29.4 Å². The van der Waals surface area contributed by atoms with Gasteiger partial charge >= 0.3 is 11.9 Å². The molecule has 0 atom stereocenters. The van der Waals surface area contributed by atoms with Gasteiger partial charge < -0.3 is 14.4 Å². The third kappa shape index (κ3) is 4.13. The van der Waals surface area contributed by atoms with Crippen LogP contribution in [0.5, 0.6) is 0 Å². The van der Waals surface area contributed by atoms with Crippen molar-refractivity contribution in [3.05, 3.63) is 35.2 Å². The van der Waals surface area contributed by atoms with E-state index in [1.54, 1.807) is 23.2 Å². The van der Waals surface area contributed by atoms with Crippen molar-refractivity contribution >= 4 is 60.0 Å². The van der Waals surface area contributed by atoms with E-state index in [1.807, 2.05) is 24.3 Å². The normalized spacial score (nSPS) is 15.0. The Bertz CT molecular complexity index is 1060. The van der Waals surface area contributed by atoms with E-state index in [0.717, 1.165) is 14.8 Å². The first-order valence-electron chi connectivity index (χ1n) is 9.59. The fourth-order valence-corrected chi connectivity index (χ4v) is 5.93. The number of amides is 1. The molecule has 1 aliphatic heterocycles. The van der Waals surface area contributed by atoms with Crippen molar-refractivity contribution in [3.8, 4) is 0 Å². The molecular formula is C21H21NO5S2. The smallest absolute Gasteiger partial charge is 0.348 e. The highest BCUT2D eigenvalue weighted by Gasteiger charge is 2.28. The largest absolute Gasteiger partial charge is 0.466 e. The molecule has 4 rings (SSSR count). The summed E-state index contributed by atoms with van der Waals surface area (Å²) in [5, 5.41) is 1.14. The van der Waals surface area contributed by atoms with Gasteiger partial charge in [0.1, 0.15) is 4.88 Å². The van der Waals surface area contributed by atoms with E-state index in [0.29, 0.717) is 37.4 Å². The van der Waals surface area contributed by atoms with Gasteiger partial charge in [-0.25, -0.2) is 4.79 Å². The van der Waals surface area contributed by atoms with Crippen molar-refractivity contribution < 1.29 is 23.9 Å². The second-order valence-corrected chi connectivity index (χ2v) is 9.02. The second kappa shape index (κ2) is 8.51. The van der Waals surface area contributed by atoms with Crippen LogP contribution < -0.4 is 0 Å². The highest BCUT2D eigenvalue weighted by Crippen LogP contribution is 2.39. The molecule has 1 saturated heterocycles. The molecule has 0 N–H and O–H groups in total. The number of fused-ring (bicyclic) bond motifs is 3. The summed E-state index contributed by atoms with van der Waals surface area (Å²) >= 11 is 3.04. The Morgan fingerprint density at radius 1 is 1.07 bits per heavy atom. The molecule has 0 radical (unpaired) electrons. The maximum atomic E-state index is 12.4. The predicted octanol–water partition coefficient (Wildman–Crippen LogP) is 4.07. The number of rotatable bonds is 5. The van der Waals surface area contributed by atoms with E-state index in [-0.39, 0.29) is 24.4 Å². The summed E-state index contributed by atoms with van der Waals surface area (Å²) in [7, 11) is 0. The van der Waals surface area contributed by atoms with Gasteiger partial charge in [0, 0.05) is 27.9 Å². The van der Waals surface area contributed by atoms with Gasteiger partial charge in [-0.3, -0.25) is 9.59 Å². The molecule has 2 aromatic heterocycles. The van der Waals surface area contributed by atoms with Crippen molar-refractivity contribution in [2.45, 2.75) is 19.8 Å². The number of hydrogen-bond donors (Lipinski definition) is 0. The zero-order chi connectivity index (χ0) is 20.4. The Labute approximate surface area is 176 Å². The molecule has 152 valence electrons. The fourth-order valence-electron chi connectivity index (χ4n) is 3.51. The minimum Gasteiger partial charge on any atom is -0.466 e. The maximum Gasteiger partial charge on any atom is 0.348 e. The van der Waals surface area contributed by atoms with E-state index >= 15 is 0 Å². The molecule has 8 heteroatoms. The fraction of sp³-hybridized carbons (Fsp3) is 0.381. The molecule has 1 fully saturated rings. The number of thiophene rings is 2. The molecule has 0 unspecified atom stereocenters. The number of benzene rings is 1. The first-order chi connectivity index (χ1) is 14.1. The lowest BCUT2D eigenvalue weighted by atomic mass is 9.97. The third-order valence-corrected chi connectivity index (χ3v) is 7.44. The van der Waals surface area contributed by atoms with Gasteiger partial charge in [0.05, 0.1) is 17.2 Å². The minimum atomic E-state index is -0.475. The SMILES string of the molecule is CCOC(=O)C1CCN(C(=O)COC(=O)c2cc3sc4ccccc4c3s2)CC1. The molecule has 3 aromatic rings. The average Bonchev–Trinajstić information content (AvgIpc) is 3.30. The number of hydrogen-bond acceptors (Lipinski definition) is 7. The lowest BCUT2D eigenvalue weighted by Gasteiger charge is -2.30. The Hall–Kier alpha value is -2.45. The Kier molecular flexibility index (Phi) is 5.82. The van der Waals surface area contributed by atoms with Gasteiger partial charge in [-0.05, 0) is 31.9 Å². The standard InChI is InChI=1S/C21H21NO5S2/c1-2-26-20(24)13-7-9-22(10-8-13)18(23)12-27-21(25)17-11-16-19(29-17)14-5-3-4-6-15(14)28-16/h3-6,11,13H,2,7-10,12H2,1H3. The number of piperidine rings is 1. The summed E-state index contributed by atoms with van der Waals surface area (Å²) in [6.45, 7) is 2.81. The summed E-state index contributed by atoms with van der Waals surface area (Å²) in [6.07, 6.45) is 1.15.